The van der Waals surface area contributed by atoms with Crippen molar-refractivity contribution < 1.29 is 19.7 Å². The van der Waals surface area contributed by atoms with Crippen LogP contribution in [0.2, 0.25) is 0 Å². The van der Waals surface area contributed by atoms with Crippen LogP contribution >= 0.6 is 12.2 Å². The summed E-state index contributed by atoms with van der Waals surface area (Å²) in [6.45, 7) is 7.92. The molecule has 10 atom stereocenters. The molecule has 0 aromatic heterocycles. The lowest BCUT2D eigenvalue weighted by Gasteiger charge is -2.52. The smallest absolute Gasteiger partial charge is 0.302 e. The van der Waals surface area contributed by atoms with Gasteiger partial charge < -0.3 is 20.7 Å². The standard InChI is InChI=1S/C24H39N3O4S/c1-13(28)16-5-6-17-20-18(8-9-22(16,17)3)23(4)10-7-15(31-14(2)29)11-24(23,30)19(20)12-26-27-21(25)32/h12-13,15-20,28,30H,5-11H2,1-4H3,(H3,25,27,32)/b26-12+/t13?,15-,16+,17-,18-,19+,20-,22+,23+,24+/m0/s1. The molecule has 0 bridgehead atoms. The van der Waals surface area contributed by atoms with E-state index in [9.17, 15) is 15.0 Å². The summed E-state index contributed by atoms with van der Waals surface area (Å²) >= 11 is 4.92. The van der Waals surface area contributed by atoms with Gasteiger partial charge in [0.25, 0.3) is 0 Å². The molecule has 0 aliphatic heterocycles. The van der Waals surface area contributed by atoms with Crippen LogP contribution in [0.1, 0.15) is 72.6 Å². The van der Waals surface area contributed by atoms with E-state index in [-0.39, 0.29) is 51.9 Å². The van der Waals surface area contributed by atoms with Gasteiger partial charge in [0, 0.05) is 30.9 Å². The quantitative estimate of drug-likeness (QED) is 0.218. The van der Waals surface area contributed by atoms with Gasteiger partial charge in [0.05, 0.1) is 11.7 Å². The summed E-state index contributed by atoms with van der Waals surface area (Å²) in [7, 11) is 0. The Kier molecular flexibility index (Phi) is 6.13. The SMILES string of the molecule is CC(=O)O[C@H]1CC[C@]2(C)[C@H]3CC[C@]4(C)[C@@H](C(C)O)CC[C@H]4[C@@H]3[C@@H](/C=N/NC(N)=S)[C@]2(O)C1. The van der Waals surface area contributed by atoms with Crippen LogP contribution in [-0.4, -0.2) is 45.3 Å². The number of carbonyl (C=O) groups is 1. The number of nitrogens with two attached hydrogens (primary N) is 1. The van der Waals surface area contributed by atoms with E-state index in [1.54, 1.807) is 0 Å². The number of nitrogens with zero attached hydrogens (tertiary/aromatic N) is 1. The van der Waals surface area contributed by atoms with E-state index >= 15 is 0 Å². The lowest BCUT2D eigenvalue weighted by Crippen LogP contribution is -2.55. The lowest BCUT2D eigenvalue weighted by atomic mass is 9.54. The average Bonchev–Trinajstić information content (AvgIpc) is 3.12. The Balaban J connectivity index is 1.74. The first kappa shape index (κ1) is 23.9. The molecule has 4 fully saturated rings. The first-order valence-corrected chi connectivity index (χ1v) is 12.5. The van der Waals surface area contributed by atoms with Crippen molar-refractivity contribution in [2.24, 2.45) is 51.3 Å². The van der Waals surface area contributed by atoms with Gasteiger partial charge in [-0.3, -0.25) is 10.2 Å². The molecule has 4 aliphatic rings. The summed E-state index contributed by atoms with van der Waals surface area (Å²) in [4.78, 5) is 11.7. The maximum Gasteiger partial charge on any atom is 0.302 e. The summed E-state index contributed by atoms with van der Waals surface area (Å²) in [6, 6.07) is 0. The van der Waals surface area contributed by atoms with Crippen molar-refractivity contribution in [3.05, 3.63) is 0 Å². The van der Waals surface area contributed by atoms with Crippen molar-refractivity contribution in [3.63, 3.8) is 0 Å². The fourth-order valence-corrected chi connectivity index (χ4v) is 8.77. The van der Waals surface area contributed by atoms with Crippen molar-refractivity contribution >= 4 is 29.5 Å². The second-order valence-electron chi connectivity index (χ2n) is 11.4. The number of ether oxygens (including phenoxy) is 1. The van der Waals surface area contributed by atoms with E-state index in [0.29, 0.717) is 18.3 Å². The highest BCUT2D eigenvalue weighted by atomic mass is 32.1. The topological polar surface area (TPSA) is 117 Å². The summed E-state index contributed by atoms with van der Waals surface area (Å²) < 4.78 is 5.58. The van der Waals surface area contributed by atoms with Gasteiger partial charge in [0.15, 0.2) is 5.11 Å². The molecule has 1 unspecified atom stereocenters. The predicted molar refractivity (Wildman–Crippen MR) is 127 cm³/mol. The Bertz CT molecular complexity index is 806. The molecule has 0 aromatic rings. The molecule has 0 radical (unpaired) electrons. The maximum absolute atomic E-state index is 12.4. The van der Waals surface area contributed by atoms with Crippen molar-refractivity contribution in [3.8, 4) is 0 Å². The molecule has 0 heterocycles. The number of rotatable bonds is 4. The Morgan fingerprint density at radius 1 is 1.25 bits per heavy atom. The summed E-state index contributed by atoms with van der Waals surface area (Å²) in [5.74, 6) is 0.787. The lowest BCUT2D eigenvalue weighted by molar-refractivity contribution is -0.170. The van der Waals surface area contributed by atoms with Crippen LogP contribution in [0.4, 0.5) is 0 Å². The van der Waals surface area contributed by atoms with Crippen molar-refractivity contribution in [1.82, 2.24) is 5.43 Å². The molecule has 8 heteroatoms. The number of aliphatic hydroxyl groups excluding tert-OH is 1. The zero-order valence-corrected chi connectivity index (χ0v) is 20.5. The van der Waals surface area contributed by atoms with E-state index in [1.165, 1.54) is 6.92 Å². The number of fused-ring (bicyclic) bond motifs is 5. The summed E-state index contributed by atoms with van der Waals surface area (Å²) in [5.41, 5.74) is 7.01. The number of thiocarbonyl (C=S) groups is 1. The molecule has 0 saturated heterocycles. The van der Waals surface area contributed by atoms with E-state index in [2.05, 4.69) is 24.4 Å². The van der Waals surface area contributed by atoms with Gasteiger partial charge in [-0.15, -0.1) is 0 Å². The monoisotopic (exact) mass is 465 g/mol. The number of carbonyl (C=O) groups excluding carboxylic acids is 1. The molecule has 4 rings (SSSR count). The second kappa shape index (κ2) is 8.20. The average molecular weight is 466 g/mol. The van der Waals surface area contributed by atoms with E-state index in [4.69, 9.17) is 22.7 Å². The van der Waals surface area contributed by atoms with Gasteiger partial charge in [0.1, 0.15) is 6.10 Å². The minimum atomic E-state index is -1.03. The first-order valence-electron chi connectivity index (χ1n) is 12.1. The first-order chi connectivity index (χ1) is 14.9. The molecule has 180 valence electrons. The second-order valence-corrected chi connectivity index (χ2v) is 11.8. The van der Waals surface area contributed by atoms with Crippen LogP contribution in [0.15, 0.2) is 5.10 Å². The molecular formula is C24H39N3O4S. The minimum Gasteiger partial charge on any atom is -0.462 e. The van der Waals surface area contributed by atoms with Crippen molar-refractivity contribution in [2.45, 2.75) is 90.4 Å². The molecule has 0 spiro atoms. The van der Waals surface area contributed by atoms with Gasteiger partial charge in [-0.1, -0.05) is 13.8 Å². The van der Waals surface area contributed by atoms with Crippen LogP contribution in [0.3, 0.4) is 0 Å². The highest BCUT2D eigenvalue weighted by Gasteiger charge is 2.72. The van der Waals surface area contributed by atoms with Gasteiger partial charge in [-0.05, 0) is 86.8 Å². The molecular weight excluding hydrogens is 426 g/mol. The predicted octanol–water partition coefficient (Wildman–Crippen LogP) is 2.73. The normalized spacial score (nSPS) is 48.6. The zero-order chi connectivity index (χ0) is 23.5. The third-order valence-electron chi connectivity index (χ3n) is 10.0. The van der Waals surface area contributed by atoms with Crippen LogP contribution in [0, 0.1) is 40.4 Å². The van der Waals surface area contributed by atoms with Gasteiger partial charge in [-0.2, -0.15) is 5.10 Å². The van der Waals surface area contributed by atoms with Crippen molar-refractivity contribution in [2.75, 3.05) is 0 Å². The largest absolute Gasteiger partial charge is 0.462 e. The number of esters is 1. The van der Waals surface area contributed by atoms with Gasteiger partial charge >= 0.3 is 5.97 Å². The van der Waals surface area contributed by atoms with Crippen LogP contribution in [-0.2, 0) is 9.53 Å². The molecule has 32 heavy (non-hydrogen) atoms. The Morgan fingerprint density at radius 3 is 2.59 bits per heavy atom. The van der Waals surface area contributed by atoms with Crippen molar-refractivity contribution in [1.29, 1.82) is 0 Å². The highest BCUT2D eigenvalue weighted by Crippen LogP contribution is 2.72. The molecule has 0 amide bonds. The fourth-order valence-electron chi connectivity index (χ4n) is 8.71. The zero-order valence-electron chi connectivity index (χ0n) is 19.7. The molecule has 4 aliphatic carbocycles. The minimum absolute atomic E-state index is 0.0491. The highest BCUT2D eigenvalue weighted by molar-refractivity contribution is 7.80. The number of hydrogen-bond acceptors (Lipinski definition) is 6. The van der Waals surface area contributed by atoms with E-state index < -0.39 is 5.60 Å². The third-order valence-corrected chi connectivity index (χ3v) is 10.1. The van der Waals surface area contributed by atoms with E-state index in [0.717, 1.165) is 38.5 Å². The fraction of sp³-hybridized carbons (Fsp3) is 0.875. The number of aliphatic hydroxyl groups is 2. The number of hydrazone groups is 1. The Morgan fingerprint density at radius 2 is 1.97 bits per heavy atom. The van der Waals surface area contributed by atoms with Crippen LogP contribution < -0.4 is 11.2 Å². The Labute approximate surface area is 196 Å². The maximum atomic E-state index is 12.4. The van der Waals surface area contributed by atoms with Crippen LogP contribution in [0.25, 0.3) is 0 Å². The van der Waals surface area contributed by atoms with Crippen LogP contribution in [0.5, 0.6) is 0 Å². The molecule has 4 saturated carbocycles. The Hall–Kier alpha value is -1.25. The molecule has 7 nitrogen and oxygen atoms in total. The van der Waals surface area contributed by atoms with Gasteiger partial charge in [-0.25, -0.2) is 0 Å². The summed E-state index contributed by atoms with van der Waals surface area (Å²) in [5, 5.41) is 27.3. The molecule has 0 aromatic carbocycles. The van der Waals surface area contributed by atoms with E-state index in [1.807, 2.05) is 13.1 Å². The number of nitrogens with one attached hydrogen (secondary N) is 1. The summed E-state index contributed by atoms with van der Waals surface area (Å²) in [6.07, 6.45) is 7.39. The number of hydrogen-bond donors (Lipinski definition) is 4. The molecule has 5 N–H and O–H groups in total. The van der Waals surface area contributed by atoms with Gasteiger partial charge in [0.2, 0.25) is 0 Å². The third kappa shape index (κ3) is 3.48.